The normalized spacial score (nSPS) is 23.9. The SMILES string of the molecule is CCc1cc2c(NC3CC(O)C3(C)C)nc(NC)nc2s1. The minimum Gasteiger partial charge on any atom is -0.392 e. The number of hydrogen-bond acceptors (Lipinski definition) is 6. The lowest BCUT2D eigenvalue weighted by molar-refractivity contribution is -0.0511. The van der Waals surface area contributed by atoms with Gasteiger partial charge in [0.15, 0.2) is 0 Å². The Kier molecular flexibility index (Phi) is 3.53. The van der Waals surface area contributed by atoms with Gasteiger partial charge >= 0.3 is 0 Å². The van der Waals surface area contributed by atoms with Gasteiger partial charge in [-0.25, -0.2) is 4.98 Å². The molecule has 2 atom stereocenters. The Morgan fingerprint density at radius 3 is 2.76 bits per heavy atom. The Morgan fingerprint density at radius 2 is 2.19 bits per heavy atom. The average Bonchev–Trinajstić information content (AvgIpc) is 2.89. The third-order valence-electron chi connectivity index (χ3n) is 4.54. The van der Waals surface area contributed by atoms with Crippen molar-refractivity contribution >= 4 is 33.3 Å². The summed E-state index contributed by atoms with van der Waals surface area (Å²) >= 11 is 1.71. The van der Waals surface area contributed by atoms with Crippen LogP contribution in [-0.4, -0.2) is 34.3 Å². The van der Waals surface area contributed by atoms with E-state index in [2.05, 4.69) is 47.4 Å². The molecule has 6 heteroatoms. The molecule has 21 heavy (non-hydrogen) atoms. The summed E-state index contributed by atoms with van der Waals surface area (Å²) < 4.78 is 0. The molecule has 1 aliphatic rings. The number of hydrogen-bond donors (Lipinski definition) is 3. The lowest BCUT2D eigenvalue weighted by atomic mass is 9.64. The van der Waals surface area contributed by atoms with Gasteiger partial charge in [-0.3, -0.25) is 0 Å². The van der Waals surface area contributed by atoms with E-state index in [1.165, 1.54) is 4.88 Å². The van der Waals surface area contributed by atoms with Crippen molar-refractivity contribution in [3.8, 4) is 0 Å². The molecule has 114 valence electrons. The standard InChI is InChI=1S/C15H22N4OS/c1-5-8-6-9-12(17-10-7-11(20)15(10,2)3)18-14(16-4)19-13(9)21-8/h6,10-11,20H,5,7H2,1-4H3,(H2,16,17,18,19). The first kappa shape index (κ1) is 14.5. The first-order valence-electron chi connectivity index (χ1n) is 7.38. The second kappa shape index (κ2) is 5.10. The maximum absolute atomic E-state index is 9.90. The van der Waals surface area contributed by atoms with Crippen LogP contribution in [0.15, 0.2) is 6.07 Å². The van der Waals surface area contributed by atoms with Gasteiger partial charge in [0.05, 0.1) is 11.5 Å². The third-order valence-corrected chi connectivity index (χ3v) is 5.72. The molecule has 1 fully saturated rings. The molecule has 2 aromatic heterocycles. The van der Waals surface area contributed by atoms with Gasteiger partial charge in [-0.05, 0) is 18.9 Å². The summed E-state index contributed by atoms with van der Waals surface area (Å²) in [5.74, 6) is 1.50. The summed E-state index contributed by atoms with van der Waals surface area (Å²) in [6, 6.07) is 2.41. The van der Waals surface area contributed by atoms with Crippen molar-refractivity contribution < 1.29 is 5.11 Å². The molecule has 0 bridgehead atoms. The first-order valence-corrected chi connectivity index (χ1v) is 8.20. The van der Waals surface area contributed by atoms with Crippen molar-refractivity contribution in [2.75, 3.05) is 17.7 Å². The van der Waals surface area contributed by atoms with Crippen molar-refractivity contribution in [1.29, 1.82) is 0 Å². The van der Waals surface area contributed by atoms with Gasteiger partial charge in [0.25, 0.3) is 0 Å². The fourth-order valence-corrected chi connectivity index (χ4v) is 3.65. The molecule has 0 saturated heterocycles. The summed E-state index contributed by atoms with van der Waals surface area (Å²) in [7, 11) is 1.83. The van der Waals surface area contributed by atoms with Crippen LogP contribution in [0.5, 0.6) is 0 Å². The number of aliphatic hydroxyl groups is 1. The molecular formula is C15H22N4OS. The number of nitrogens with zero attached hydrogens (tertiary/aromatic N) is 2. The predicted octanol–water partition coefficient (Wildman–Crippen LogP) is 2.87. The molecule has 2 aromatic rings. The van der Waals surface area contributed by atoms with Crippen LogP contribution in [0.1, 0.15) is 32.1 Å². The van der Waals surface area contributed by atoms with Gasteiger partial charge < -0.3 is 15.7 Å². The van der Waals surface area contributed by atoms with E-state index in [4.69, 9.17) is 0 Å². The fourth-order valence-electron chi connectivity index (χ4n) is 2.68. The molecule has 5 nitrogen and oxygen atoms in total. The van der Waals surface area contributed by atoms with Crippen LogP contribution in [0.4, 0.5) is 11.8 Å². The van der Waals surface area contributed by atoms with Crippen molar-refractivity contribution in [3.63, 3.8) is 0 Å². The summed E-state index contributed by atoms with van der Waals surface area (Å²) in [6.45, 7) is 6.32. The van der Waals surface area contributed by atoms with E-state index in [-0.39, 0.29) is 17.6 Å². The number of rotatable bonds is 4. The summed E-state index contributed by atoms with van der Waals surface area (Å²) in [6.07, 6.45) is 1.52. The van der Waals surface area contributed by atoms with Crippen LogP contribution in [0.2, 0.25) is 0 Å². The smallest absolute Gasteiger partial charge is 0.225 e. The predicted molar refractivity (Wildman–Crippen MR) is 88.2 cm³/mol. The summed E-state index contributed by atoms with van der Waals surface area (Å²) in [4.78, 5) is 11.4. The van der Waals surface area contributed by atoms with E-state index >= 15 is 0 Å². The zero-order valence-corrected chi connectivity index (χ0v) is 13.7. The zero-order valence-electron chi connectivity index (χ0n) is 12.9. The molecule has 3 rings (SSSR count). The molecular weight excluding hydrogens is 284 g/mol. The van der Waals surface area contributed by atoms with Gasteiger partial charge in [0.2, 0.25) is 5.95 Å². The third kappa shape index (κ3) is 2.36. The molecule has 2 unspecified atom stereocenters. The lowest BCUT2D eigenvalue weighted by Gasteiger charge is -2.49. The van der Waals surface area contributed by atoms with Gasteiger partial charge in [0, 0.05) is 23.4 Å². The topological polar surface area (TPSA) is 70.1 Å². The van der Waals surface area contributed by atoms with E-state index in [0.29, 0.717) is 5.95 Å². The van der Waals surface area contributed by atoms with Crippen LogP contribution in [-0.2, 0) is 6.42 Å². The molecule has 0 aliphatic heterocycles. The Bertz CT molecular complexity index is 667. The average molecular weight is 306 g/mol. The number of nitrogens with one attached hydrogen (secondary N) is 2. The van der Waals surface area contributed by atoms with Crippen LogP contribution in [0.3, 0.4) is 0 Å². The van der Waals surface area contributed by atoms with Crippen LogP contribution in [0.25, 0.3) is 10.2 Å². The van der Waals surface area contributed by atoms with Crippen LogP contribution < -0.4 is 10.6 Å². The molecule has 0 aromatic carbocycles. The molecule has 0 spiro atoms. The van der Waals surface area contributed by atoms with Crippen molar-refractivity contribution in [2.24, 2.45) is 5.41 Å². The largest absolute Gasteiger partial charge is 0.392 e. The summed E-state index contributed by atoms with van der Waals surface area (Å²) in [5.41, 5.74) is -0.124. The van der Waals surface area contributed by atoms with Crippen molar-refractivity contribution in [3.05, 3.63) is 10.9 Å². The highest BCUT2D eigenvalue weighted by atomic mass is 32.1. The van der Waals surface area contributed by atoms with Gasteiger partial charge in [-0.1, -0.05) is 20.8 Å². The molecule has 0 amide bonds. The molecule has 1 aliphatic carbocycles. The Morgan fingerprint density at radius 1 is 1.43 bits per heavy atom. The minimum absolute atomic E-state index is 0.124. The highest BCUT2D eigenvalue weighted by molar-refractivity contribution is 7.18. The number of fused-ring (bicyclic) bond motifs is 1. The first-order chi connectivity index (χ1) is 9.95. The number of anilines is 2. The van der Waals surface area contributed by atoms with Gasteiger partial charge in [0.1, 0.15) is 10.6 Å². The number of aliphatic hydroxyl groups excluding tert-OH is 1. The quantitative estimate of drug-likeness (QED) is 0.810. The minimum atomic E-state index is -0.246. The van der Waals surface area contributed by atoms with E-state index < -0.39 is 0 Å². The van der Waals surface area contributed by atoms with Gasteiger partial charge in [-0.2, -0.15) is 4.98 Å². The van der Waals surface area contributed by atoms with E-state index in [1.54, 1.807) is 11.3 Å². The monoisotopic (exact) mass is 306 g/mol. The van der Waals surface area contributed by atoms with E-state index in [0.717, 1.165) is 28.9 Å². The molecule has 1 saturated carbocycles. The van der Waals surface area contributed by atoms with E-state index in [1.807, 2.05) is 7.05 Å². The van der Waals surface area contributed by atoms with Crippen molar-refractivity contribution in [1.82, 2.24) is 9.97 Å². The highest BCUT2D eigenvalue weighted by Crippen LogP contribution is 2.43. The van der Waals surface area contributed by atoms with Gasteiger partial charge in [-0.15, -0.1) is 11.3 Å². The second-order valence-electron chi connectivity index (χ2n) is 6.20. The lowest BCUT2D eigenvalue weighted by Crippen LogP contribution is -2.57. The summed E-state index contributed by atoms with van der Waals surface area (Å²) in [5, 5.41) is 17.5. The van der Waals surface area contributed by atoms with Crippen LogP contribution in [0, 0.1) is 5.41 Å². The zero-order chi connectivity index (χ0) is 15.2. The van der Waals surface area contributed by atoms with E-state index in [9.17, 15) is 5.11 Å². The Balaban J connectivity index is 1.98. The molecule has 3 N–H and O–H groups in total. The maximum atomic E-state index is 9.90. The number of aromatic nitrogens is 2. The van der Waals surface area contributed by atoms with Crippen LogP contribution >= 0.6 is 11.3 Å². The number of aryl methyl sites for hydroxylation is 1. The molecule has 0 radical (unpaired) electrons. The maximum Gasteiger partial charge on any atom is 0.225 e. The van der Waals surface area contributed by atoms with Crippen molar-refractivity contribution in [2.45, 2.75) is 45.8 Å². The fraction of sp³-hybridized carbons (Fsp3) is 0.600. The molecule has 2 heterocycles. The second-order valence-corrected chi connectivity index (χ2v) is 7.32. The highest BCUT2D eigenvalue weighted by Gasteiger charge is 2.47. The Labute approximate surface area is 128 Å². The number of thiophene rings is 1. The Hall–Kier alpha value is -1.40.